The summed E-state index contributed by atoms with van der Waals surface area (Å²) in [5.41, 5.74) is 4.39. The zero-order chi connectivity index (χ0) is 14.6. The number of rotatable bonds is 7. The van der Waals surface area contributed by atoms with Crippen LogP contribution >= 0.6 is 0 Å². The molecule has 0 aromatic carbocycles. The number of nitrogens with two attached hydrogens (primary N) is 1. The summed E-state index contributed by atoms with van der Waals surface area (Å²) < 4.78 is 4.88. The number of hydrogen-bond acceptors (Lipinski definition) is 4. The van der Waals surface area contributed by atoms with E-state index in [1.807, 2.05) is 0 Å². The number of carbonyl (C=O) groups is 2. The Kier molecular flexibility index (Phi) is 5.76. The first-order chi connectivity index (χ1) is 8.04. The van der Waals surface area contributed by atoms with Crippen LogP contribution in [0.25, 0.3) is 0 Å². The molecule has 0 aromatic heterocycles. The van der Waals surface area contributed by atoms with Crippen LogP contribution in [0.2, 0.25) is 0 Å². The van der Waals surface area contributed by atoms with E-state index >= 15 is 0 Å². The highest BCUT2D eigenvalue weighted by molar-refractivity contribution is 5.86. The molecule has 0 bridgehead atoms. The van der Waals surface area contributed by atoms with Crippen LogP contribution in [0.4, 0.5) is 0 Å². The van der Waals surface area contributed by atoms with E-state index in [4.69, 9.17) is 15.6 Å². The number of carboxylic acids is 1. The fourth-order valence-corrected chi connectivity index (χ4v) is 1.29. The maximum Gasteiger partial charge on any atom is 0.323 e. The van der Waals surface area contributed by atoms with Crippen LogP contribution in [-0.4, -0.2) is 54.2 Å². The molecule has 0 rings (SSSR count). The highest BCUT2D eigenvalue weighted by Crippen LogP contribution is 2.30. The number of ether oxygens (including phenoxy) is 1. The lowest BCUT2D eigenvalue weighted by atomic mass is 9.74. The Morgan fingerprint density at radius 3 is 2.11 bits per heavy atom. The van der Waals surface area contributed by atoms with Crippen molar-refractivity contribution in [2.75, 3.05) is 26.8 Å². The highest BCUT2D eigenvalue weighted by Gasteiger charge is 2.43. The van der Waals surface area contributed by atoms with E-state index in [2.05, 4.69) is 0 Å². The van der Waals surface area contributed by atoms with Crippen LogP contribution in [0.1, 0.15) is 27.7 Å². The Hall–Kier alpha value is -1.14. The van der Waals surface area contributed by atoms with Gasteiger partial charge in [0.25, 0.3) is 0 Å². The molecular formula is C12H24N2O4. The zero-order valence-corrected chi connectivity index (χ0v) is 11.8. The van der Waals surface area contributed by atoms with Gasteiger partial charge in [-0.15, -0.1) is 0 Å². The summed E-state index contributed by atoms with van der Waals surface area (Å²) in [6.07, 6.45) is 0. The third-order valence-corrected chi connectivity index (χ3v) is 3.32. The lowest BCUT2D eigenvalue weighted by Gasteiger charge is -2.40. The molecule has 6 heteroatoms. The number of carbonyl (C=O) groups excluding carboxylic acids is 1. The van der Waals surface area contributed by atoms with E-state index in [-0.39, 0.29) is 19.0 Å². The van der Waals surface area contributed by atoms with Gasteiger partial charge in [0.05, 0.1) is 12.0 Å². The van der Waals surface area contributed by atoms with Crippen molar-refractivity contribution in [1.29, 1.82) is 0 Å². The average molecular weight is 260 g/mol. The number of amides is 1. The van der Waals surface area contributed by atoms with Gasteiger partial charge in [-0.2, -0.15) is 0 Å². The van der Waals surface area contributed by atoms with Crippen molar-refractivity contribution in [3.8, 4) is 0 Å². The van der Waals surface area contributed by atoms with Crippen molar-refractivity contribution >= 4 is 11.9 Å². The second-order valence-electron chi connectivity index (χ2n) is 5.46. The van der Waals surface area contributed by atoms with Crippen LogP contribution in [-0.2, 0) is 14.3 Å². The molecule has 0 heterocycles. The molecule has 0 aromatic rings. The number of methoxy groups -OCH3 is 1. The molecule has 0 aliphatic carbocycles. The second kappa shape index (κ2) is 6.15. The van der Waals surface area contributed by atoms with E-state index in [1.54, 1.807) is 27.7 Å². The second-order valence-corrected chi connectivity index (χ2v) is 5.46. The SMILES string of the molecule is COCCN(CC(=O)O)C(=O)C(C)(C)C(C)(C)N. The largest absolute Gasteiger partial charge is 0.480 e. The predicted octanol–water partition coefficient (Wildman–Crippen LogP) is 0.310. The molecule has 0 radical (unpaired) electrons. The number of carboxylic acid groups (broad SMARTS) is 1. The van der Waals surface area contributed by atoms with Gasteiger partial charge < -0.3 is 20.5 Å². The van der Waals surface area contributed by atoms with Crippen LogP contribution in [0.5, 0.6) is 0 Å². The van der Waals surface area contributed by atoms with Crippen LogP contribution < -0.4 is 5.73 Å². The molecular weight excluding hydrogens is 236 g/mol. The van der Waals surface area contributed by atoms with Crippen LogP contribution in [0.15, 0.2) is 0 Å². The fraction of sp³-hybridized carbons (Fsp3) is 0.833. The van der Waals surface area contributed by atoms with E-state index in [1.165, 1.54) is 12.0 Å². The summed E-state index contributed by atoms with van der Waals surface area (Å²) in [4.78, 5) is 24.4. The standard InChI is InChI=1S/C12H24N2O4/c1-11(2,12(3,4)13)10(17)14(6-7-18-5)8-9(15)16/h6-8,13H2,1-5H3,(H,15,16). The van der Waals surface area contributed by atoms with Crippen molar-refractivity contribution in [2.45, 2.75) is 33.2 Å². The van der Waals surface area contributed by atoms with Crippen molar-refractivity contribution in [3.05, 3.63) is 0 Å². The molecule has 1 amide bonds. The molecule has 0 saturated carbocycles. The minimum Gasteiger partial charge on any atom is -0.480 e. The third-order valence-electron chi connectivity index (χ3n) is 3.32. The lowest BCUT2D eigenvalue weighted by Crippen LogP contribution is -2.57. The van der Waals surface area contributed by atoms with Gasteiger partial charge in [-0.05, 0) is 27.7 Å². The Morgan fingerprint density at radius 2 is 1.78 bits per heavy atom. The molecule has 0 saturated heterocycles. The first kappa shape index (κ1) is 16.9. The summed E-state index contributed by atoms with van der Waals surface area (Å²) in [5, 5.41) is 8.83. The topological polar surface area (TPSA) is 92.9 Å². The average Bonchev–Trinajstić information content (AvgIpc) is 2.20. The molecule has 0 aliphatic rings. The van der Waals surface area contributed by atoms with Crippen molar-refractivity contribution in [2.24, 2.45) is 11.1 Å². The molecule has 0 fully saturated rings. The molecule has 3 N–H and O–H groups in total. The minimum atomic E-state index is -1.05. The van der Waals surface area contributed by atoms with Gasteiger partial charge >= 0.3 is 5.97 Å². The maximum atomic E-state index is 12.4. The van der Waals surface area contributed by atoms with Gasteiger partial charge in [0.1, 0.15) is 6.54 Å². The smallest absolute Gasteiger partial charge is 0.323 e. The molecule has 0 aliphatic heterocycles. The van der Waals surface area contributed by atoms with Gasteiger partial charge in [-0.25, -0.2) is 0 Å². The fourth-order valence-electron chi connectivity index (χ4n) is 1.29. The van der Waals surface area contributed by atoms with Gasteiger partial charge in [-0.3, -0.25) is 9.59 Å². The van der Waals surface area contributed by atoms with Crippen molar-refractivity contribution < 1.29 is 19.4 Å². The summed E-state index contributed by atoms with van der Waals surface area (Å²) in [6.45, 7) is 7.12. The lowest BCUT2D eigenvalue weighted by molar-refractivity contribution is -0.151. The highest BCUT2D eigenvalue weighted by atomic mass is 16.5. The van der Waals surface area contributed by atoms with E-state index in [0.29, 0.717) is 6.61 Å². The Balaban J connectivity index is 5.00. The van der Waals surface area contributed by atoms with Crippen LogP contribution in [0.3, 0.4) is 0 Å². The van der Waals surface area contributed by atoms with E-state index in [9.17, 15) is 9.59 Å². The van der Waals surface area contributed by atoms with Crippen molar-refractivity contribution in [1.82, 2.24) is 4.90 Å². The van der Waals surface area contributed by atoms with E-state index in [0.717, 1.165) is 0 Å². The monoisotopic (exact) mass is 260 g/mol. The van der Waals surface area contributed by atoms with Gasteiger partial charge in [0.15, 0.2) is 0 Å². The normalized spacial score (nSPS) is 12.3. The number of hydrogen-bond donors (Lipinski definition) is 2. The number of nitrogens with zero attached hydrogens (tertiary/aromatic N) is 1. The third kappa shape index (κ3) is 4.27. The summed E-state index contributed by atoms with van der Waals surface area (Å²) in [6, 6.07) is 0. The Morgan fingerprint density at radius 1 is 1.28 bits per heavy atom. The summed E-state index contributed by atoms with van der Waals surface area (Å²) in [7, 11) is 1.50. The molecule has 6 nitrogen and oxygen atoms in total. The molecule has 0 spiro atoms. The first-order valence-corrected chi connectivity index (χ1v) is 5.83. The molecule has 106 valence electrons. The predicted molar refractivity (Wildman–Crippen MR) is 68.1 cm³/mol. The van der Waals surface area contributed by atoms with Gasteiger partial charge in [0, 0.05) is 19.2 Å². The first-order valence-electron chi connectivity index (χ1n) is 5.83. The minimum absolute atomic E-state index is 0.237. The number of aliphatic carboxylic acids is 1. The molecule has 0 atom stereocenters. The maximum absolute atomic E-state index is 12.4. The Bertz CT molecular complexity index is 308. The molecule has 18 heavy (non-hydrogen) atoms. The zero-order valence-electron chi connectivity index (χ0n) is 11.8. The van der Waals surface area contributed by atoms with Gasteiger partial charge in [-0.1, -0.05) is 0 Å². The summed E-state index contributed by atoms with van der Waals surface area (Å²) in [5.74, 6) is -1.33. The van der Waals surface area contributed by atoms with Crippen LogP contribution in [0, 0.1) is 5.41 Å². The quantitative estimate of drug-likeness (QED) is 0.687. The van der Waals surface area contributed by atoms with Gasteiger partial charge in [0.2, 0.25) is 5.91 Å². The van der Waals surface area contributed by atoms with E-state index < -0.39 is 16.9 Å². The Labute approximate surface area is 108 Å². The summed E-state index contributed by atoms with van der Waals surface area (Å²) >= 11 is 0. The van der Waals surface area contributed by atoms with Crippen molar-refractivity contribution in [3.63, 3.8) is 0 Å². The molecule has 0 unspecified atom stereocenters.